The summed E-state index contributed by atoms with van der Waals surface area (Å²) >= 11 is 0. The van der Waals surface area contributed by atoms with E-state index in [0.29, 0.717) is 17.9 Å². The first kappa shape index (κ1) is 15.8. The average molecular weight is 320 g/mol. The Kier molecular flexibility index (Phi) is 5.00. The summed E-state index contributed by atoms with van der Waals surface area (Å²) < 4.78 is 29.3. The molecule has 0 saturated carbocycles. The second kappa shape index (κ2) is 6.95. The van der Waals surface area contributed by atoms with Crippen LogP contribution in [0.1, 0.15) is 12.5 Å². The molecule has 0 amide bonds. The second-order valence-electron chi connectivity index (χ2n) is 4.35. The fourth-order valence-electron chi connectivity index (χ4n) is 1.67. The molecule has 2 aromatic carbocycles. The van der Waals surface area contributed by atoms with Gasteiger partial charge < -0.3 is 9.84 Å². The lowest BCUT2D eigenvalue weighted by molar-refractivity contribution is 0.340. The van der Waals surface area contributed by atoms with Crippen LogP contribution in [-0.4, -0.2) is 26.3 Å². The lowest BCUT2D eigenvalue weighted by Gasteiger charge is -2.05. The number of phenols is 1. The Bertz CT molecular complexity index is 738. The lowest BCUT2D eigenvalue weighted by Crippen LogP contribution is -2.18. The van der Waals surface area contributed by atoms with Crippen LogP contribution in [0, 0.1) is 0 Å². The molecule has 116 valence electrons. The number of phenolic OH excluding ortho intramolecular Hbond substituents is 1. The highest BCUT2D eigenvalue weighted by Crippen LogP contribution is 2.15. The molecular weight excluding hydrogens is 304 g/mol. The number of sulfonamides is 1. The first-order valence-corrected chi connectivity index (χ1v) is 8.06. The van der Waals surface area contributed by atoms with E-state index in [0.717, 1.165) is 0 Å². The molecule has 0 spiro atoms. The summed E-state index contributed by atoms with van der Waals surface area (Å²) in [5, 5.41) is 12.9. The van der Waals surface area contributed by atoms with Crippen LogP contribution in [0.2, 0.25) is 0 Å². The van der Waals surface area contributed by atoms with E-state index < -0.39 is 10.0 Å². The Balaban J connectivity index is 2.05. The molecule has 2 aromatic rings. The summed E-state index contributed by atoms with van der Waals surface area (Å²) in [5.74, 6) is 0.737. The molecule has 0 aliphatic rings. The number of hydrazone groups is 1. The van der Waals surface area contributed by atoms with Crippen LogP contribution in [0.5, 0.6) is 11.5 Å². The van der Waals surface area contributed by atoms with Gasteiger partial charge in [-0.2, -0.15) is 13.5 Å². The van der Waals surface area contributed by atoms with Gasteiger partial charge in [-0.05, 0) is 61.0 Å². The van der Waals surface area contributed by atoms with Crippen LogP contribution in [0.15, 0.2) is 58.5 Å². The summed E-state index contributed by atoms with van der Waals surface area (Å²) in [7, 11) is -3.72. The number of hydrogen-bond acceptors (Lipinski definition) is 5. The number of hydrogen-bond donors (Lipinski definition) is 2. The zero-order valence-electron chi connectivity index (χ0n) is 11.9. The second-order valence-corrected chi connectivity index (χ2v) is 6.01. The van der Waals surface area contributed by atoms with Crippen LogP contribution in [0.25, 0.3) is 0 Å². The van der Waals surface area contributed by atoms with Gasteiger partial charge in [0.2, 0.25) is 0 Å². The first-order valence-electron chi connectivity index (χ1n) is 6.58. The van der Waals surface area contributed by atoms with Crippen LogP contribution < -0.4 is 9.57 Å². The molecule has 0 saturated heterocycles. The number of aromatic hydroxyl groups is 1. The Morgan fingerprint density at radius 3 is 2.36 bits per heavy atom. The predicted molar refractivity (Wildman–Crippen MR) is 83.6 cm³/mol. The van der Waals surface area contributed by atoms with Crippen molar-refractivity contribution in [3.63, 3.8) is 0 Å². The molecule has 7 heteroatoms. The van der Waals surface area contributed by atoms with Crippen molar-refractivity contribution in [2.24, 2.45) is 5.10 Å². The van der Waals surface area contributed by atoms with Crippen LogP contribution in [0.3, 0.4) is 0 Å². The molecular formula is C15H16N2O4S. The maximum Gasteiger partial charge on any atom is 0.276 e. The molecule has 0 unspecified atom stereocenters. The maximum absolute atomic E-state index is 12.0. The van der Waals surface area contributed by atoms with E-state index in [4.69, 9.17) is 9.84 Å². The lowest BCUT2D eigenvalue weighted by atomic mass is 10.2. The zero-order valence-corrected chi connectivity index (χ0v) is 12.7. The first-order chi connectivity index (χ1) is 10.5. The highest BCUT2D eigenvalue weighted by atomic mass is 32.2. The SMILES string of the molecule is CCOc1ccc(S(=O)(=O)N/N=C/c2ccc(O)cc2)cc1. The standard InChI is InChI=1S/C15H16N2O4S/c1-2-21-14-7-9-15(10-8-14)22(19,20)17-16-11-12-3-5-13(18)6-4-12/h3-11,17-18H,2H2,1H3/b16-11+. The van der Waals surface area contributed by atoms with E-state index >= 15 is 0 Å². The molecule has 0 aromatic heterocycles. The summed E-state index contributed by atoms with van der Waals surface area (Å²) in [4.78, 5) is 2.22. The van der Waals surface area contributed by atoms with Gasteiger partial charge in [-0.15, -0.1) is 0 Å². The normalized spacial score (nSPS) is 11.5. The molecule has 0 aliphatic heterocycles. The van der Waals surface area contributed by atoms with Crippen LogP contribution >= 0.6 is 0 Å². The minimum Gasteiger partial charge on any atom is -0.508 e. The molecule has 2 N–H and O–H groups in total. The van der Waals surface area contributed by atoms with Crippen molar-refractivity contribution in [2.45, 2.75) is 11.8 Å². The molecule has 0 atom stereocenters. The largest absolute Gasteiger partial charge is 0.508 e. The fraction of sp³-hybridized carbons (Fsp3) is 0.133. The number of ether oxygens (including phenoxy) is 1. The number of nitrogens with zero attached hydrogens (tertiary/aromatic N) is 1. The van der Waals surface area contributed by atoms with Gasteiger partial charge in [0.15, 0.2) is 0 Å². The van der Waals surface area contributed by atoms with Gasteiger partial charge in [-0.3, -0.25) is 0 Å². The number of benzene rings is 2. The number of nitrogens with one attached hydrogen (secondary N) is 1. The fourth-order valence-corrected chi connectivity index (χ4v) is 2.46. The van der Waals surface area contributed by atoms with E-state index in [1.54, 1.807) is 24.3 Å². The van der Waals surface area contributed by atoms with Gasteiger partial charge >= 0.3 is 0 Å². The summed E-state index contributed by atoms with van der Waals surface area (Å²) in [6.07, 6.45) is 1.35. The van der Waals surface area contributed by atoms with Gasteiger partial charge in [-0.25, -0.2) is 4.83 Å². The Morgan fingerprint density at radius 2 is 1.77 bits per heavy atom. The quantitative estimate of drug-likeness (QED) is 0.630. The van der Waals surface area contributed by atoms with Crippen LogP contribution in [0.4, 0.5) is 0 Å². The van der Waals surface area contributed by atoms with Gasteiger partial charge in [-0.1, -0.05) is 0 Å². The third-order valence-electron chi connectivity index (χ3n) is 2.72. The molecule has 0 bridgehead atoms. The Morgan fingerprint density at radius 1 is 1.14 bits per heavy atom. The molecule has 6 nitrogen and oxygen atoms in total. The minimum absolute atomic E-state index is 0.0961. The van der Waals surface area contributed by atoms with Gasteiger partial charge in [0.05, 0.1) is 17.7 Å². The molecule has 0 heterocycles. The molecule has 22 heavy (non-hydrogen) atoms. The van der Waals surface area contributed by atoms with Crippen molar-refractivity contribution in [3.8, 4) is 11.5 Å². The molecule has 2 rings (SSSR count). The Labute approximate surface area is 129 Å². The van der Waals surface area contributed by atoms with E-state index in [9.17, 15) is 8.42 Å². The van der Waals surface area contributed by atoms with Crippen molar-refractivity contribution in [2.75, 3.05) is 6.61 Å². The topological polar surface area (TPSA) is 88.0 Å². The smallest absolute Gasteiger partial charge is 0.276 e. The van der Waals surface area contributed by atoms with Crippen LogP contribution in [-0.2, 0) is 10.0 Å². The monoisotopic (exact) mass is 320 g/mol. The van der Waals surface area contributed by atoms with E-state index in [2.05, 4.69) is 9.93 Å². The van der Waals surface area contributed by atoms with Crippen molar-refractivity contribution >= 4 is 16.2 Å². The van der Waals surface area contributed by atoms with Gasteiger partial charge in [0.25, 0.3) is 10.0 Å². The zero-order chi connectivity index (χ0) is 16.0. The van der Waals surface area contributed by atoms with Crippen molar-refractivity contribution in [1.82, 2.24) is 4.83 Å². The summed E-state index contributed by atoms with van der Waals surface area (Å²) in [6, 6.07) is 12.3. The third kappa shape index (κ3) is 4.23. The van der Waals surface area contributed by atoms with Gasteiger partial charge in [0.1, 0.15) is 11.5 Å². The molecule has 0 radical (unpaired) electrons. The predicted octanol–water partition coefficient (Wildman–Crippen LogP) is 2.10. The molecule has 0 fully saturated rings. The highest BCUT2D eigenvalue weighted by molar-refractivity contribution is 7.89. The van der Waals surface area contributed by atoms with E-state index in [1.165, 1.54) is 30.5 Å². The number of rotatable bonds is 6. The highest BCUT2D eigenvalue weighted by Gasteiger charge is 2.12. The summed E-state index contributed by atoms with van der Waals surface area (Å²) in [5.41, 5.74) is 0.659. The Hall–Kier alpha value is -2.54. The minimum atomic E-state index is -3.72. The molecule has 0 aliphatic carbocycles. The van der Waals surface area contributed by atoms with E-state index in [-0.39, 0.29) is 10.6 Å². The van der Waals surface area contributed by atoms with Gasteiger partial charge in [0, 0.05) is 0 Å². The van der Waals surface area contributed by atoms with E-state index in [1.807, 2.05) is 6.92 Å². The maximum atomic E-state index is 12.0. The third-order valence-corrected chi connectivity index (χ3v) is 3.96. The summed E-state index contributed by atoms with van der Waals surface area (Å²) in [6.45, 7) is 2.37. The average Bonchev–Trinajstić information content (AvgIpc) is 2.50. The van der Waals surface area contributed by atoms with Crippen molar-refractivity contribution in [1.29, 1.82) is 0 Å². The van der Waals surface area contributed by atoms with Crippen molar-refractivity contribution in [3.05, 3.63) is 54.1 Å². The van der Waals surface area contributed by atoms with Crippen molar-refractivity contribution < 1.29 is 18.3 Å².